The average molecular weight is 442 g/mol. The SMILES string of the molecule is COc1cc(CNCCc2ncccc2C)ccc1OC[C@@H](O)CN(C)C1CCCCC1. The molecular weight excluding hydrogens is 402 g/mol. The highest BCUT2D eigenvalue weighted by Crippen LogP contribution is 2.28. The summed E-state index contributed by atoms with van der Waals surface area (Å²) in [5.41, 5.74) is 3.49. The number of hydrogen-bond acceptors (Lipinski definition) is 6. The van der Waals surface area contributed by atoms with E-state index in [1.807, 2.05) is 30.5 Å². The van der Waals surface area contributed by atoms with Gasteiger partial charge in [-0.05, 0) is 56.1 Å². The van der Waals surface area contributed by atoms with E-state index in [2.05, 4.69) is 35.2 Å². The van der Waals surface area contributed by atoms with Gasteiger partial charge < -0.3 is 24.8 Å². The summed E-state index contributed by atoms with van der Waals surface area (Å²) in [6, 6.07) is 10.6. The van der Waals surface area contributed by atoms with Gasteiger partial charge >= 0.3 is 0 Å². The highest BCUT2D eigenvalue weighted by Gasteiger charge is 2.20. The minimum absolute atomic E-state index is 0.258. The van der Waals surface area contributed by atoms with Gasteiger partial charge in [0.1, 0.15) is 12.7 Å². The number of nitrogens with one attached hydrogen (secondary N) is 1. The molecule has 0 radical (unpaired) electrons. The number of benzene rings is 1. The van der Waals surface area contributed by atoms with Crippen LogP contribution in [0.5, 0.6) is 11.5 Å². The van der Waals surface area contributed by atoms with Crippen LogP contribution in [0.1, 0.15) is 48.9 Å². The van der Waals surface area contributed by atoms with Crippen LogP contribution in [0.4, 0.5) is 0 Å². The Morgan fingerprint density at radius 3 is 2.75 bits per heavy atom. The zero-order valence-corrected chi connectivity index (χ0v) is 19.8. The molecule has 1 aliphatic carbocycles. The number of methoxy groups -OCH3 is 1. The standard InChI is InChI=1S/C26H39N3O3/c1-20-8-7-14-28-24(20)13-15-27-17-21-11-12-25(26(16-21)31-3)32-19-23(30)18-29(2)22-9-5-4-6-10-22/h7-8,11-12,14,16,22-23,27,30H,4-6,9-10,13,15,17-19H2,1-3H3/t23-/m0/s1. The second-order valence-corrected chi connectivity index (χ2v) is 8.88. The molecule has 1 aromatic carbocycles. The van der Waals surface area contributed by atoms with Crippen molar-refractivity contribution in [3.63, 3.8) is 0 Å². The Labute approximate surface area is 193 Å². The van der Waals surface area contributed by atoms with Crippen molar-refractivity contribution in [1.82, 2.24) is 15.2 Å². The Hall–Kier alpha value is -2.15. The molecule has 6 nitrogen and oxygen atoms in total. The van der Waals surface area contributed by atoms with Crippen LogP contribution in [-0.2, 0) is 13.0 Å². The Balaban J connectivity index is 1.43. The van der Waals surface area contributed by atoms with E-state index in [1.54, 1.807) is 7.11 Å². The van der Waals surface area contributed by atoms with Crippen LogP contribution in [0.25, 0.3) is 0 Å². The Kier molecular flexibility index (Phi) is 9.78. The third kappa shape index (κ3) is 7.47. The molecule has 6 heteroatoms. The second kappa shape index (κ2) is 12.8. The number of rotatable bonds is 12. The third-order valence-corrected chi connectivity index (χ3v) is 6.34. The zero-order chi connectivity index (χ0) is 22.8. The topological polar surface area (TPSA) is 66.8 Å². The van der Waals surface area contributed by atoms with Crippen molar-refractivity contribution in [2.24, 2.45) is 0 Å². The normalized spacial score (nSPS) is 15.7. The molecule has 1 atom stereocenters. The van der Waals surface area contributed by atoms with E-state index in [0.29, 0.717) is 24.1 Å². The molecule has 0 aliphatic heterocycles. The first kappa shape index (κ1) is 24.5. The van der Waals surface area contributed by atoms with Gasteiger partial charge in [-0.15, -0.1) is 0 Å². The molecule has 176 valence electrons. The molecule has 0 saturated heterocycles. The summed E-state index contributed by atoms with van der Waals surface area (Å²) in [4.78, 5) is 6.72. The van der Waals surface area contributed by atoms with Gasteiger partial charge in [0.15, 0.2) is 11.5 Å². The molecule has 0 unspecified atom stereocenters. The van der Waals surface area contributed by atoms with Crippen molar-refractivity contribution in [2.45, 2.75) is 64.1 Å². The molecule has 1 fully saturated rings. The number of hydrogen-bond donors (Lipinski definition) is 2. The molecule has 1 heterocycles. The number of aliphatic hydroxyl groups excluding tert-OH is 1. The fourth-order valence-electron chi connectivity index (χ4n) is 4.40. The monoisotopic (exact) mass is 441 g/mol. The van der Waals surface area contributed by atoms with Crippen LogP contribution < -0.4 is 14.8 Å². The zero-order valence-electron chi connectivity index (χ0n) is 19.8. The van der Waals surface area contributed by atoms with Gasteiger partial charge in [-0.25, -0.2) is 0 Å². The molecule has 2 N–H and O–H groups in total. The number of likely N-dealkylation sites (N-methyl/N-ethyl adjacent to an activating group) is 1. The summed E-state index contributed by atoms with van der Waals surface area (Å²) >= 11 is 0. The number of pyridine rings is 1. The lowest BCUT2D eigenvalue weighted by Gasteiger charge is -2.32. The first-order valence-corrected chi connectivity index (χ1v) is 11.9. The maximum atomic E-state index is 10.5. The second-order valence-electron chi connectivity index (χ2n) is 8.88. The van der Waals surface area contributed by atoms with Crippen molar-refractivity contribution in [3.8, 4) is 11.5 Å². The molecule has 32 heavy (non-hydrogen) atoms. The van der Waals surface area contributed by atoms with Crippen LogP contribution in [0.2, 0.25) is 0 Å². The Morgan fingerprint density at radius 1 is 1.19 bits per heavy atom. The van der Waals surface area contributed by atoms with Crippen LogP contribution in [0, 0.1) is 6.92 Å². The Bertz CT molecular complexity index is 824. The van der Waals surface area contributed by atoms with Crippen LogP contribution >= 0.6 is 0 Å². The highest BCUT2D eigenvalue weighted by atomic mass is 16.5. The molecule has 1 aromatic heterocycles. The van der Waals surface area contributed by atoms with E-state index in [9.17, 15) is 5.11 Å². The lowest BCUT2D eigenvalue weighted by Crippen LogP contribution is -2.40. The molecule has 0 spiro atoms. The summed E-state index contributed by atoms with van der Waals surface area (Å²) in [5.74, 6) is 1.36. The smallest absolute Gasteiger partial charge is 0.161 e. The molecule has 3 rings (SSSR count). The largest absolute Gasteiger partial charge is 0.493 e. The van der Waals surface area contributed by atoms with Crippen molar-refractivity contribution in [1.29, 1.82) is 0 Å². The molecule has 0 amide bonds. The summed E-state index contributed by atoms with van der Waals surface area (Å²) in [6.45, 7) is 4.59. The first-order chi connectivity index (χ1) is 15.6. The predicted molar refractivity (Wildman–Crippen MR) is 128 cm³/mol. The van der Waals surface area contributed by atoms with Gasteiger partial charge in [-0.1, -0.05) is 31.4 Å². The van der Waals surface area contributed by atoms with Gasteiger partial charge in [0.2, 0.25) is 0 Å². The van der Waals surface area contributed by atoms with E-state index >= 15 is 0 Å². The highest BCUT2D eigenvalue weighted by molar-refractivity contribution is 5.43. The Morgan fingerprint density at radius 2 is 2.00 bits per heavy atom. The summed E-state index contributed by atoms with van der Waals surface area (Å²) in [5, 5.41) is 13.9. The van der Waals surface area contributed by atoms with E-state index in [1.165, 1.54) is 37.7 Å². The first-order valence-electron chi connectivity index (χ1n) is 11.9. The minimum atomic E-state index is -0.525. The maximum absolute atomic E-state index is 10.5. The molecule has 1 saturated carbocycles. The lowest BCUT2D eigenvalue weighted by molar-refractivity contribution is 0.0553. The predicted octanol–water partition coefficient (Wildman–Crippen LogP) is 3.74. The van der Waals surface area contributed by atoms with E-state index < -0.39 is 6.10 Å². The summed E-state index contributed by atoms with van der Waals surface area (Å²) < 4.78 is 11.4. The fraction of sp³-hybridized carbons (Fsp3) is 0.577. The lowest BCUT2D eigenvalue weighted by atomic mass is 9.94. The number of aromatic nitrogens is 1. The van der Waals surface area contributed by atoms with Crippen LogP contribution in [0.3, 0.4) is 0 Å². The van der Waals surface area contributed by atoms with Gasteiger partial charge in [-0.3, -0.25) is 4.98 Å². The van der Waals surface area contributed by atoms with E-state index in [0.717, 1.165) is 30.8 Å². The third-order valence-electron chi connectivity index (χ3n) is 6.34. The summed E-state index contributed by atoms with van der Waals surface area (Å²) in [6.07, 6.45) is 8.61. The number of aryl methyl sites for hydroxylation is 1. The number of aliphatic hydroxyl groups is 1. The summed E-state index contributed by atoms with van der Waals surface area (Å²) in [7, 11) is 3.76. The molecule has 1 aliphatic rings. The van der Waals surface area contributed by atoms with Crippen molar-refractivity contribution in [2.75, 3.05) is 33.9 Å². The van der Waals surface area contributed by atoms with Gasteiger partial charge in [-0.2, -0.15) is 0 Å². The minimum Gasteiger partial charge on any atom is -0.493 e. The molecule has 0 bridgehead atoms. The average Bonchev–Trinajstić information content (AvgIpc) is 2.82. The van der Waals surface area contributed by atoms with Gasteiger partial charge in [0.05, 0.1) is 7.11 Å². The quantitative estimate of drug-likeness (QED) is 0.489. The number of ether oxygens (including phenoxy) is 2. The van der Waals surface area contributed by atoms with E-state index in [-0.39, 0.29) is 6.61 Å². The maximum Gasteiger partial charge on any atom is 0.161 e. The van der Waals surface area contributed by atoms with Crippen LogP contribution in [-0.4, -0.2) is 61.0 Å². The number of nitrogens with zero attached hydrogens (tertiary/aromatic N) is 2. The fourth-order valence-corrected chi connectivity index (χ4v) is 4.40. The van der Waals surface area contributed by atoms with Gasteiger partial charge in [0, 0.05) is 44.0 Å². The van der Waals surface area contributed by atoms with Crippen molar-refractivity contribution >= 4 is 0 Å². The van der Waals surface area contributed by atoms with Gasteiger partial charge in [0.25, 0.3) is 0 Å². The van der Waals surface area contributed by atoms with Crippen molar-refractivity contribution < 1.29 is 14.6 Å². The molecule has 2 aromatic rings. The van der Waals surface area contributed by atoms with Crippen LogP contribution in [0.15, 0.2) is 36.5 Å². The van der Waals surface area contributed by atoms with E-state index in [4.69, 9.17) is 9.47 Å². The molecular formula is C26H39N3O3. The van der Waals surface area contributed by atoms with Crippen molar-refractivity contribution in [3.05, 3.63) is 53.3 Å².